The molecule has 2 N–H and O–H groups in total. The summed E-state index contributed by atoms with van der Waals surface area (Å²) in [6.45, 7) is 2.30. The Labute approximate surface area is 154 Å². The predicted octanol–water partition coefficient (Wildman–Crippen LogP) is 4.55. The number of anilines is 1. The van der Waals surface area contributed by atoms with E-state index in [1.165, 1.54) is 6.20 Å². The number of carbonyl (C=O) groups is 1. The number of rotatable bonds is 5. The fraction of sp³-hybridized carbons (Fsp3) is 0.111. The van der Waals surface area contributed by atoms with E-state index in [-0.39, 0.29) is 5.57 Å². The third-order valence-corrected chi connectivity index (χ3v) is 4.56. The quantitative estimate of drug-likeness (QED) is 0.568. The van der Waals surface area contributed by atoms with Gasteiger partial charge in [0.25, 0.3) is 5.91 Å². The summed E-state index contributed by atoms with van der Waals surface area (Å²) in [4.78, 5) is 12.2. The average molecular weight is 405 g/mol. The highest BCUT2D eigenvalue weighted by atomic mass is 79.9. The number of benzene rings is 2. The van der Waals surface area contributed by atoms with Gasteiger partial charge in [0, 0.05) is 27.9 Å². The third-order valence-electron chi connectivity index (χ3n) is 3.38. The van der Waals surface area contributed by atoms with E-state index in [9.17, 15) is 10.1 Å². The van der Waals surface area contributed by atoms with E-state index in [1.54, 1.807) is 25.1 Å². The van der Waals surface area contributed by atoms with Crippen LogP contribution in [-0.4, -0.2) is 5.91 Å². The number of halogens is 2. The Kier molecular flexibility index (Phi) is 6.42. The van der Waals surface area contributed by atoms with Crippen LogP contribution < -0.4 is 10.6 Å². The number of hydrogen-bond donors (Lipinski definition) is 2. The van der Waals surface area contributed by atoms with Crippen LogP contribution >= 0.6 is 27.5 Å². The monoisotopic (exact) mass is 403 g/mol. The largest absolute Gasteiger partial charge is 0.386 e. The van der Waals surface area contributed by atoms with Crippen LogP contribution in [0.2, 0.25) is 5.02 Å². The molecular formula is C18H15BrClN3O. The highest BCUT2D eigenvalue weighted by Crippen LogP contribution is 2.23. The molecule has 0 aliphatic heterocycles. The zero-order chi connectivity index (χ0) is 17.5. The van der Waals surface area contributed by atoms with Crippen molar-refractivity contribution in [2.75, 3.05) is 5.32 Å². The molecule has 6 heteroatoms. The summed E-state index contributed by atoms with van der Waals surface area (Å²) in [5.41, 5.74) is 2.35. The van der Waals surface area contributed by atoms with E-state index in [4.69, 9.17) is 11.6 Å². The minimum Gasteiger partial charge on any atom is -0.386 e. The van der Waals surface area contributed by atoms with E-state index < -0.39 is 5.91 Å². The van der Waals surface area contributed by atoms with E-state index in [2.05, 4.69) is 26.6 Å². The molecule has 0 aliphatic carbocycles. The molecule has 2 rings (SSSR count). The lowest BCUT2D eigenvalue weighted by Gasteiger charge is -2.09. The summed E-state index contributed by atoms with van der Waals surface area (Å²) in [5, 5.41) is 15.4. The van der Waals surface area contributed by atoms with Gasteiger partial charge >= 0.3 is 0 Å². The van der Waals surface area contributed by atoms with E-state index in [1.807, 2.05) is 30.3 Å². The van der Waals surface area contributed by atoms with Gasteiger partial charge in [-0.05, 0) is 36.2 Å². The van der Waals surface area contributed by atoms with Crippen molar-refractivity contribution >= 4 is 39.1 Å². The highest BCUT2D eigenvalue weighted by Gasteiger charge is 2.11. The molecule has 122 valence electrons. The van der Waals surface area contributed by atoms with Gasteiger partial charge in [-0.2, -0.15) is 5.26 Å². The van der Waals surface area contributed by atoms with Gasteiger partial charge in [-0.3, -0.25) is 4.79 Å². The molecular weight excluding hydrogens is 390 g/mol. The minimum atomic E-state index is -0.484. The zero-order valence-electron chi connectivity index (χ0n) is 12.9. The summed E-state index contributed by atoms with van der Waals surface area (Å²) in [6, 6.07) is 14.8. The molecule has 1 amide bonds. The van der Waals surface area contributed by atoms with Crippen LogP contribution in [0.15, 0.2) is 58.7 Å². The molecule has 2 aromatic rings. The smallest absolute Gasteiger partial charge is 0.267 e. The van der Waals surface area contributed by atoms with Crippen LogP contribution in [0.3, 0.4) is 0 Å². The molecule has 0 aliphatic rings. The minimum absolute atomic E-state index is 0.0126. The van der Waals surface area contributed by atoms with Crippen molar-refractivity contribution in [2.24, 2.45) is 0 Å². The lowest BCUT2D eigenvalue weighted by molar-refractivity contribution is -0.112. The fourth-order valence-corrected chi connectivity index (χ4v) is 2.59. The maximum absolute atomic E-state index is 12.2. The van der Waals surface area contributed by atoms with Crippen molar-refractivity contribution in [3.05, 3.63) is 74.9 Å². The van der Waals surface area contributed by atoms with Gasteiger partial charge in [0.2, 0.25) is 0 Å². The molecule has 0 spiro atoms. The Bertz CT molecular complexity index is 827. The SMILES string of the molecule is Cc1c(Cl)cccc1NC(=O)/C(C#N)=C\NCc1ccccc1Br. The summed E-state index contributed by atoms with van der Waals surface area (Å²) in [7, 11) is 0. The van der Waals surface area contributed by atoms with Gasteiger partial charge in [-0.1, -0.05) is 51.8 Å². The Hall–Kier alpha value is -2.29. The lowest BCUT2D eigenvalue weighted by Crippen LogP contribution is -2.17. The zero-order valence-corrected chi connectivity index (χ0v) is 15.3. The Balaban J connectivity index is 2.05. The molecule has 2 aromatic carbocycles. The standard InChI is InChI=1S/C18H15BrClN3O/c1-12-16(20)7-4-8-17(12)23-18(24)14(9-21)11-22-10-13-5-2-3-6-15(13)19/h2-8,11,22H,10H2,1H3,(H,23,24)/b14-11-. The van der Waals surface area contributed by atoms with Crippen LogP contribution in [0.1, 0.15) is 11.1 Å². The van der Waals surface area contributed by atoms with E-state index in [0.717, 1.165) is 15.6 Å². The van der Waals surface area contributed by atoms with Gasteiger partial charge < -0.3 is 10.6 Å². The Morgan fingerprint density at radius 3 is 2.75 bits per heavy atom. The van der Waals surface area contributed by atoms with Crippen LogP contribution in [0.4, 0.5) is 5.69 Å². The van der Waals surface area contributed by atoms with Crippen LogP contribution in [0.5, 0.6) is 0 Å². The van der Waals surface area contributed by atoms with E-state index >= 15 is 0 Å². The lowest BCUT2D eigenvalue weighted by atomic mass is 10.2. The van der Waals surface area contributed by atoms with Crippen molar-refractivity contribution in [3.8, 4) is 6.07 Å². The topological polar surface area (TPSA) is 64.9 Å². The summed E-state index contributed by atoms with van der Waals surface area (Å²) < 4.78 is 0.961. The maximum Gasteiger partial charge on any atom is 0.267 e. The molecule has 0 saturated carbocycles. The van der Waals surface area contributed by atoms with Crippen molar-refractivity contribution in [2.45, 2.75) is 13.5 Å². The van der Waals surface area contributed by atoms with Crippen molar-refractivity contribution < 1.29 is 4.79 Å². The number of nitrogens with zero attached hydrogens (tertiary/aromatic N) is 1. The Morgan fingerprint density at radius 2 is 2.04 bits per heavy atom. The molecule has 24 heavy (non-hydrogen) atoms. The van der Waals surface area contributed by atoms with Crippen LogP contribution in [0, 0.1) is 18.3 Å². The third kappa shape index (κ3) is 4.60. The van der Waals surface area contributed by atoms with Gasteiger partial charge in [0.05, 0.1) is 0 Å². The summed E-state index contributed by atoms with van der Waals surface area (Å²) >= 11 is 9.48. The second-order valence-corrected chi connectivity index (χ2v) is 6.27. The van der Waals surface area contributed by atoms with E-state index in [0.29, 0.717) is 17.3 Å². The van der Waals surface area contributed by atoms with Gasteiger partial charge in [0.15, 0.2) is 0 Å². The average Bonchev–Trinajstić information content (AvgIpc) is 2.57. The number of nitriles is 1. The first kappa shape index (κ1) is 18.1. The molecule has 4 nitrogen and oxygen atoms in total. The number of amides is 1. The summed E-state index contributed by atoms with van der Waals surface area (Å²) in [6.07, 6.45) is 1.41. The van der Waals surface area contributed by atoms with Crippen LogP contribution in [-0.2, 0) is 11.3 Å². The molecule has 0 aromatic heterocycles. The first-order valence-corrected chi connectivity index (χ1v) is 8.33. The van der Waals surface area contributed by atoms with Crippen LogP contribution in [0.25, 0.3) is 0 Å². The predicted molar refractivity (Wildman–Crippen MR) is 99.5 cm³/mol. The molecule has 0 bridgehead atoms. The second-order valence-electron chi connectivity index (χ2n) is 5.01. The number of nitrogens with one attached hydrogen (secondary N) is 2. The second kappa shape index (κ2) is 8.53. The first-order valence-electron chi connectivity index (χ1n) is 7.16. The van der Waals surface area contributed by atoms with Gasteiger partial charge in [0.1, 0.15) is 11.6 Å². The first-order chi connectivity index (χ1) is 11.5. The number of carbonyl (C=O) groups excluding carboxylic acids is 1. The maximum atomic E-state index is 12.2. The summed E-state index contributed by atoms with van der Waals surface area (Å²) in [5.74, 6) is -0.484. The molecule has 0 fully saturated rings. The van der Waals surface area contributed by atoms with Gasteiger partial charge in [-0.15, -0.1) is 0 Å². The van der Waals surface area contributed by atoms with Crippen molar-refractivity contribution in [3.63, 3.8) is 0 Å². The number of hydrogen-bond acceptors (Lipinski definition) is 3. The molecule has 0 radical (unpaired) electrons. The molecule has 0 unspecified atom stereocenters. The van der Waals surface area contributed by atoms with Crippen molar-refractivity contribution in [1.29, 1.82) is 5.26 Å². The normalized spacial score (nSPS) is 10.8. The van der Waals surface area contributed by atoms with Crippen molar-refractivity contribution in [1.82, 2.24) is 5.32 Å². The molecule has 0 atom stereocenters. The highest BCUT2D eigenvalue weighted by molar-refractivity contribution is 9.10. The molecule has 0 heterocycles. The Morgan fingerprint density at radius 1 is 1.29 bits per heavy atom. The fourth-order valence-electron chi connectivity index (χ4n) is 1.99. The van der Waals surface area contributed by atoms with Gasteiger partial charge in [-0.25, -0.2) is 0 Å². The molecule has 0 saturated heterocycles.